The van der Waals surface area contributed by atoms with Crippen LogP contribution in [-0.2, 0) is 0 Å². The van der Waals surface area contributed by atoms with Crippen molar-refractivity contribution < 1.29 is 65.7 Å². The SMILES string of the molecule is [Cl-].[Cl-].[Nd].c1ccc([C-](c2ccccc2)c2ccccc2)cc1. The van der Waals surface area contributed by atoms with E-state index in [1.165, 1.54) is 22.6 Å². The van der Waals surface area contributed by atoms with Gasteiger partial charge in [-0.2, -0.15) is 0 Å². The molecule has 3 rings (SSSR count). The summed E-state index contributed by atoms with van der Waals surface area (Å²) in [6, 6.07) is 31.6. The quantitative estimate of drug-likeness (QED) is 0.339. The van der Waals surface area contributed by atoms with Crippen LogP contribution in [0.5, 0.6) is 0 Å². The fourth-order valence-electron chi connectivity index (χ4n) is 2.31. The van der Waals surface area contributed by atoms with E-state index in [1.54, 1.807) is 0 Å². The zero-order chi connectivity index (χ0) is 12.9. The second kappa shape index (κ2) is 11.1. The predicted octanol–water partition coefficient (Wildman–Crippen LogP) is -1.29. The second-order valence-corrected chi connectivity index (χ2v) is 4.47. The van der Waals surface area contributed by atoms with Crippen LogP contribution in [0.15, 0.2) is 91.0 Å². The third-order valence-electron chi connectivity index (χ3n) is 3.19. The molecule has 0 aromatic heterocycles. The van der Waals surface area contributed by atoms with Gasteiger partial charge in [0.05, 0.1) is 0 Å². The summed E-state index contributed by atoms with van der Waals surface area (Å²) >= 11 is 0. The standard InChI is InChI=1S/C19H15.2ClH.Nd/c1-4-10-16(11-5-1)19(17-12-6-2-7-13-17)18-14-8-3-9-15-18;;;/h1-15H;2*1H;/q-1;;;/p-2. The summed E-state index contributed by atoms with van der Waals surface area (Å²) in [6.45, 7) is 0. The smallest absolute Gasteiger partial charge is 0 e. The molecule has 0 aliphatic heterocycles. The van der Waals surface area contributed by atoms with Gasteiger partial charge in [0, 0.05) is 40.8 Å². The molecule has 3 aromatic carbocycles. The van der Waals surface area contributed by atoms with Gasteiger partial charge in [-0.05, 0) is 0 Å². The molecule has 0 fully saturated rings. The van der Waals surface area contributed by atoms with Crippen LogP contribution in [0.4, 0.5) is 0 Å². The maximum atomic E-state index is 2.16. The van der Waals surface area contributed by atoms with E-state index >= 15 is 0 Å². The topological polar surface area (TPSA) is 0 Å². The van der Waals surface area contributed by atoms with Gasteiger partial charge >= 0.3 is 0 Å². The Morgan fingerprint density at radius 3 is 0.864 bits per heavy atom. The average molecular weight is 458 g/mol. The average Bonchev–Trinajstić information content (AvgIpc) is 2.51. The maximum absolute atomic E-state index is 2.16. The summed E-state index contributed by atoms with van der Waals surface area (Å²) in [7, 11) is 0. The van der Waals surface area contributed by atoms with Crippen LogP contribution in [0.3, 0.4) is 0 Å². The minimum Gasteiger partial charge on any atom is -1.00 e. The van der Waals surface area contributed by atoms with Gasteiger partial charge in [-0.1, -0.05) is 114 Å². The molecular formula is C19H15Cl2Nd-3. The van der Waals surface area contributed by atoms with Crippen molar-refractivity contribution in [2.75, 3.05) is 0 Å². The zero-order valence-electron chi connectivity index (χ0n) is 11.9. The summed E-state index contributed by atoms with van der Waals surface area (Å²) in [5, 5.41) is 0. The molecular weight excluding hydrogens is 443 g/mol. The summed E-state index contributed by atoms with van der Waals surface area (Å²) in [5.41, 5.74) is 3.75. The van der Waals surface area contributed by atoms with E-state index in [2.05, 4.69) is 91.0 Å². The molecule has 0 heterocycles. The summed E-state index contributed by atoms with van der Waals surface area (Å²) in [5.74, 6) is 1.28. The molecule has 0 aliphatic carbocycles. The Balaban J connectivity index is 0.00000147. The van der Waals surface area contributed by atoms with E-state index in [-0.39, 0.29) is 65.7 Å². The Hall–Kier alpha value is -0.539. The first kappa shape index (κ1) is 21.5. The summed E-state index contributed by atoms with van der Waals surface area (Å²) in [6.07, 6.45) is 0. The molecule has 0 nitrogen and oxygen atoms in total. The van der Waals surface area contributed by atoms with E-state index in [4.69, 9.17) is 0 Å². The third kappa shape index (κ3) is 5.27. The normalized spacial score (nSPS) is 8.73. The van der Waals surface area contributed by atoms with Crippen molar-refractivity contribution in [3.8, 4) is 0 Å². The summed E-state index contributed by atoms with van der Waals surface area (Å²) < 4.78 is 0. The van der Waals surface area contributed by atoms with Gasteiger partial charge in [0.25, 0.3) is 0 Å². The molecule has 0 unspecified atom stereocenters. The first-order chi connectivity index (χ1) is 9.45. The number of halogens is 2. The first-order valence-electron chi connectivity index (χ1n) is 6.48. The Bertz CT molecular complexity index is 533. The van der Waals surface area contributed by atoms with E-state index in [0.29, 0.717) is 0 Å². The van der Waals surface area contributed by atoms with Crippen LogP contribution < -0.4 is 24.8 Å². The van der Waals surface area contributed by atoms with Gasteiger partial charge < -0.3 is 24.8 Å². The fraction of sp³-hybridized carbons (Fsp3) is 0. The monoisotopic (exact) mass is 455 g/mol. The number of rotatable bonds is 3. The Morgan fingerprint density at radius 1 is 0.409 bits per heavy atom. The number of hydrogen-bond acceptors (Lipinski definition) is 0. The molecule has 22 heavy (non-hydrogen) atoms. The molecule has 112 valence electrons. The Labute approximate surface area is 177 Å². The number of benzene rings is 3. The predicted molar refractivity (Wildman–Crippen MR) is 79.9 cm³/mol. The zero-order valence-corrected chi connectivity index (χ0v) is 16.6. The Kier molecular flexibility index (Phi) is 10.8. The van der Waals surface area contributed by atoms with Gasteiger partial charge in [0.2, 0.25) is 0 Å². The molecule has 0 amide bonds. The maximum Gasteiger partial charge on any atom is 0 e. The molecule has 3 aromatic rings. The van der Waals surface area contributed by atoms with E-state index in [9.17, 15) is 0 Å². The van der Waals surface area contributed by atoms with Crippen LogP contribution in [-0.4, -0.2) is 0 Å². The molecule has 0 aliphatic rings. The minimum absolute atomic E-state index is 0. The minimum atomic E-state index is 0. The van der Waals surface area contributed by atoms with Crippen LogP contribution in [0.25, 0.3) is 0 Å². The Morgan fingerprint density at radius 2 is 0.636 bits per heavy atom. The molecule has 0 N–H and O–H groups in total. The van der Waals surface area contributed by atoms with Crippen molar-refractivity contribution in [2.24, 2.45) is 0 Å². The van der Waals surface area contributed by atoms with Crippen molar-refractivity contribution >= 4 is 0 Å². The van der Waals surface area contributed by atoms with Gasteiger partial charge in [-0.15, -0.1) is 0 Å². The van der Waals surface area contributed by atoms with Crippen molar-refractivity contribution in [3.63, 3.8) is 0 Å². The molecule has 0 bridgehead atoms. The van der Waals surface area contributed by atoms with Gasteiger partial charge in [-0.3, -0.25) is 0 Å². The van der Waals surface area contributed by atoms with Gasteiger partial charge in [0.1, 0.15) is 0 Å². The van der Waals surface area contributed by atoms with E-state index in [1.807, 2.05) is 0 Å². The summed E-state index contributed by atoms with van der Waals surface area (Å²) in [4.78, 5) is 0. The van der Waals surface area contributed by atoms with Crippen molar-refractivity contribution in [3.05, 3.63) is 114 Å². The van der Waals surface area contributed by atoms with Crippen LogP contribution in [0.1, 0.15) is 16.7 Å². The molecule has 0 saturated heterocycles. The van der Waals surface area contributed by atoms with Crippen LogP contribution in [0, 0.1) is 46.8 Å². The molecule has 0 radical (unpaired) electrons. The van der Waals surface area contributed by atoms with Crippen molar-refractivity contribution in [1.82, 2.24) is 0 Å². The first-order valence-corrected chi connectivity index (χ1v) is 6.48. The van der Waals surface area contributed by atoms with Crippen molar-refractivity contribution in [2.45, 2.75) is 0 Å². The largest absolute Gasteiger partial charge is 1.00 e. The van der Waals surface area contributed by atoms with Crippen molar-refractivity contribution in [1.29, 1.82) is 0 Å². The molecule has 3 heteroatoms. The molecule has 0 saturated carbocycles. The second-order valence-electron chi connectivity index (χ2n) is 4.47. The fourth-order valence-corrected chi connectivity index (χ4v) is 2.31. The van der Waals surface area contributed by atoms with Crippen LogP contribution >= 0.6 is 0 Å². The van der Waals surface area contributed by atoms with E-state index < -0.39 is 0 Å². The van der Waals surface area contributed by atoms with Gasteiger partial charge in [-0.25, -0.2) is 0 Å². The molecule has 0 spiro atoms. The third-order valence-corrected chi connectivity index (χ3v) is 3.19. The van der Waals surface area contributed by atoms with Gasteiger partial charge in [0.15, 0.2) is 0 Å². The van der Waals surface area contributed by atoms with E-state index in [0.717, 1.165) is 0 Å². The molecule has 0 atom stereocenters. The van der Waals surface area contributed by atoms with Crippen LogP contribution in [0.2, 0.25) is 0 Å². The number of hydrogen-bond donors (Lipinski definition) is 0.